The van der Waals surface area contributed by atoms with Crippen molar-refractivity contribution < 1.29 is 9.90 Å². The molecule has 60 valence electrons. The predicted octanol–water partition coefficient (Wildman–Crippen LogP) is 1.54. The predicted molar refractivity (Wildman–Crippen MR) is 44.6 cm³/mol. The normalized spacial score (nSPS) is 15.8. The number of carbonyl (C=O) groups is 1. The van der Waals surface area contributed by atoms with Gasteiger partial charge in [-0.1, -0.05) is 6.92 Å². The molecule has 11 heavy (non-hydrogen) atoms. The topological polar surface area (TPSA) is 37.3 Å². The highest BCUT2D eigenvalue weighted by molar-refractivity contribution is 7.08. The standard InChI is InChI=1S/C8H10O2S/c1-2-8(10,6-9)7-3-4-11-5-7/h3-6,10H,2H2,1H3. The number of hydrogen-bond donors (Lipinski definition) is 1. The van der Waals surface area contributed by atoms with Crippen molar-refractivity contribution in [2.45, 2.75) is 18.9 Å². The Kier molecular flexibility index (Phi) is 2.42. The summed E-state index contributed by atoms with van der Waals surface area (Å²) in [6, 6.07) is 1.77. The second-order valence-electron chi connectivity index (χ2n) is 2.41. The first-order valence-electron chi connectivity index (χ1n) is 3.44. The van der Waals surface area contributed by atoms with Crippen molar-refractivity contribution >= 4 is 17.6 Å². The highest BCUT2D eigenvalue weighted by Gasteiger charge is 2.26. The van der Waals surface area contributed by atoms with Crippen molar-refractivity contribution in [3.63, 3.8) is 0 Å². The smallest absolute Gasteiger partial charge is 0.156 e. The quantitative estimate of drug-likeness (QED) is 0.699. The third-order valence-electron chi connectivity index (χ3n) is 1.76. The molecule has 1 aromatic rings. The Morgan fingerprint density at radius 2 is 2.55 bits per heavy atom. The highest BCUT2D eigenvalue weighted by atomic mass is 32.1. The first-order chi connectivity index (χ1) is 5.23. The van der Waals surface area contributed by atoms with Crippen molar-refractivity contribution in [2.75, 3.05) is 0 Å². The average molecular weight is 170 g/mol. The number of carbonyl (C=O) groups excluding carboxylic acids is 1. The second kappa shape index (κ2) is 3.15. The molecule has 1 heterocycles. The minimum atomic E-state index is -1.26. The fourth-order valence-electron chi connectivity index (χ4n) is 0.866. The molecule has 0 aliphatic carbocycles. The highest BCUT2D eigenvalue weighted by Crippen LogP contribution is 2.24. The molecule has 0 saturated carbocycles. The van der Waals surface area contributed by atoms with Gasteiger partial charge in [-0.15, -0.1) is 0 Å². The van der Waals surface area contributed by atoms with Crippen LogP contribution in [0.5, 0.6) is 0 Å². The summed E-state index contributed by atoms with van der Waals surface area (Å²) in [5.41, 5.74) is -0.569. The third kappa shape index (κ3) is 1.49. The van der Waals surface area contributed by atoms with Crippen LogP contribution in [-0.2, 0) is 10.4 Å². The molecule has 0 fully saturated rings. The number of rotatable bonds is 3. The molecule has 0 radical (unpaired) electrons. The van der Waals surface area contributed by atoms with E-state index in [0.29, 0.717) is 18.3 Å². The molecular formula is C8H10O2S. The monoisotopic (exact) mass is 170 g/mol. The molecule has 1 unspecified atom stereocenters. The van der Waals surface area contributed by atoms with Crippen LogP contribution in [-0.4, -0.2) is 11.4 Å². The number of aliphatic hydroxyl groups is 1. The lowest BCUT2D eigenvalue weighted by atomic mass is 9.96. The Morgan fingerprint density at radius 1 is 1.82 bits per heavy atom. The zero-order valence-electron chi connectivity index (χ0n) is 6.28. The van der Waals surface area contributed by atoms with Crippen molar-refractivity contribution in [3.8, 4) is 0 Å². The van der Waals surface area contributed by atoms with Gasteiger partial charge in [-0.25, -0.2) is 0 Å². The minimum Gasteiger partial charge on any atom is -0.378 e. The molecule has 3 heteroatoms. The first kappa shape index (κ1) is 8.43. The van der Waals surface area contributed by atoms with Gasteiger partial charge in [0.2, 0.25) is 0 Å². The lowest BCUT2D eigenvalue weighted by Crippen LogP contribution is -2.25. The van der Waals surface area contributed by atoms with Crippen molar-refractivity contribution in [3.05, 3.63) is 22.4 Å². The van der Waals surface area contributed by atoms with Crippen molar-refractivity contribution in [1.82, 2.24) is 0 Å². The molecular weight excluding hydrogens is 160 g/mol. The van der Waals surface area contributed by atoms with Crippen molar-refractivity contribution in [2.24, 2.45) is 0 Å². The van der Waals surface area contributed by atoms with E-state index in [9.17, 15) is 9.90 Å². The lowest BCUT2D eigenvalue weighted by molar-refractivity contribution is -0.125. The van der Waals surface area contributed by atoms with Crippen LogP contribution < -0.4 is 0 Å². The first-order valence-corrected chi connectivity index (χ1v) is 4.38. The molecule has 0 aliphatic heterocycles. The van der Waals surface area contributed by atoms with Gasteiger partial charge in [0.1, 0.15) is 5.60 Å². The number of hydrogen-bond acceptors (Lipinski definition) is 3. The van der Waals surface area contributed by atoms with Gasteiger partial charge >= 0.3 is 0 Å². The van der Waals surface area contributed by atoms with Crippen LogP contribution in [0.2, 0.25) is 0 Å². The van der Waals surface area contributed by atoms with E-state index >= 15 is 0 Å². The molecule has 1 aromatic heterocycles. The van der Waals surface area contributed by atoms with Crippen LogP contribution in [0.25, 0.3) is 0 Å². The van der Waals surface area contributed by atoms with Crippen LogP contribution in [0.1, 0.15) is 18.9 Å². The van der Waals surface area contributed by atoms with E-state index in [1.807, 2.05) is 5.38 Å². The zero-order chi connectivity index (χ0) is 8.32. The van der Waals surface area contributed by atoms with Gasteiger partial charge < -0.3 is 5.11 Å². The maximum Gasteiger partial charge on any atom is 0.156 e. The molecule has 0 amide bonds. The minimum absolute atomic E-state index is 0.424. The van der Waals surface area contributed by atoms with Crippen LogP contribution in [0, 0.1) is 0 Å². The van der Waals surface area contributed by atoms with E-state index in [1.165, 1.54) is 11.3 Å². The molecule has 2 nitrogen and oxygen atoms in total. The largest absolute Gasteiger partial charge is 0.378 e. The second-order valence-corrected chi connectivity index (χ2v) is 3.19. The Morgan fingerprint density at radius 3 is 2.91 bits per heavy atom. The van der Waals surface area contributed by atoms with Gasteiger partial charge in [0, 0.05) is 5.56 Å². The van der Waals surface area contributed by atoms with E-state index in [2.05, 4.69) is 0 Å². The van der Waals surface area contributed by atoms with E-state index < -0.39 is 5.60 Å². The fraction of sp³-hybridized carbons (Fsp3) is 0.375. The van der Waals surface area contributed by atoms with Gasteiger partial charge in [-0.2, -0.15) is 11.3 Å². The fourth-order valence-corrected chi connectivity index (χ4v) is 1.60. The lowest BCUT2D eigenvalue weighted by Gasteiger charge is -2.17. The average Bonchev–Trinajstić information content (AvgIpc) is 2.55. The summed E-state index contributed by atoms with van der Waals surface area (Å²) in [4.78, 5) is 10.5. The van der Waals surface area contributed by atoms with Crippen molar-refractivity contribution in [1.29, 1.82) is 0 Å². The van der Waals surface area contributed by atoms with Gasteiger partial charge in [0.05, 0.1) is 0 Å². The summed E-state index contributed by atoms with van der Waals surface area (Å²) in [5, 5.41) is 13.3. The number of aldehydes is 1. The summed E-state index contributed by atoms with van der Waals surface area (Å²) in [6.07, 6.45) is 1.02. The molecule has 1 rings (SSSR count). The van der Waals surface area contributed by atoms with Crippen LogP contribution >= 0.6 is 11.3 Å². The van der Waals surface area contributed by atoms with Gasteiger partial charge in [-0.3, -0.25) is 4.79 Å². The summed E-state index contributed by atoms with van der Waals surface area (Å²) in [5.74, 6) is 0. The summed E-state index contributed by atoms with van der Waals surface area (Å²) in [6.45, 7) is 1.78. The molecule has 0 aliphatic rings. The Labute approximate surface area is 69.5 Å². The van der Waals surface area contributed by atoms with Crippen LogP contribution in [0.3, 0.4) is 0 Å². The van der Waals surface area contributed by atoms with E-state index in [4.69, 9.17) is 0 Å². The Hall–Kier alpha value is -0.670. The van der Waals surface area contributed by atoms with Gasteiger partial charge in [0.25, 0.3) is 0 Å². The number of thiophene rings is 1. The van der Waals surface area contributed by atoms with Crippen LogP contribution in [0.15, 0.2) is 16.8 Å². The van der Waals surface area contributed by atoms with E-state index in [1.54, 1.807) is 18.4 Å². The van der Waals surface area contributed by atoms with Gasteiger partial charge in [0.15, 0.2) is 6.29 Å². The molecule has 0 aromatic carbocycles. The summed E-state index contributed by atoms with van der Waals surface area (Å²) in [7, 11) is 0. The van der Waals surface area contributed by atoms with Gasteiger partial charge in [-0.05, 0) is 23.2 Å². The zero-order valence-corrected chi connectivity index (χ0v) is 7.10. The summed E-state index contributed by atoms with van der Waals surface area (Å²) < 4.78 is 0. The molecule has 0 saturated heterocycles. The van der Waals surface area contributed by atoms with E-state index in [-0.39, 0.29) is 0 Å². The Bertz CT molecular complexity index is 230. The maximum atomic E-state index is 10.5. The van der Waals surface area contributed by atoms with Crippen LogP contribution in [0.4, 0.5) is 0 Å². The molecule has 0 spiro atoms. The third-order valence-corrected chi connectivity index (χ3v) is 2.44. The SMILES string of the molecule is CCC(O)(C=O)c1ccsc1. The maximum absolute atomic E-state index is 10.5. The Balaban J connectivity index is 2.96. The molecule has 0 bridgehead atoms. The molecule has 1 atom stereocenters. The van der Waals surface area contributed by atoms with E-state index in [0.717, 1.165) is 0 Å². The summed E-state index contributed by atoms with van der Waals surface area (Å²) >= 11 is 1.48. The molecule has 1 N–H and O–H groups in total.